The Balaban J connectivity index is 1.86. The maximum absolute atomic E-state index is 13.0. The van der Waals surface area contributed by atoms with E-state index in [-0.39, 0.29) is 18.1 Å². The van der Waals surface area contributed by atoms with Gasteiger partial charge in [0.05, 0.1) is 11.1 Å². The predicted octanol–water partition coefficient (Wildman–Crippen LogP) is 5.91. The summed E-state index contributed by atoms with van der Waals surface area (Å²) in [7, 11) is 0. The lowest BCUT2D eigenvalue weighted by molar-refractivity contribution is -0.143. The molecule has 0 atom stereocenters. The summed E-state index contributed by atoms with van der Waals surface area (Å²) in [5.41, 5.74) is -0.854. The van der Waals surface area contributed by atoms with E-state index in [9.17, 15) is 26.3 Å². The summed E-state index contributed by atoms with van der Waals surface area (Å²) >= 11 is 0. The van der Waals surface area contributed by atoms with Gasteiger partial charge >= 0.3 is 12.4 Å². The fourth-order valence-electron chi connectivity index (χ4n) is 3.39. The summed E-state index contributed by atoms with van der Waals surface area (Å²) < 4.78 is 78.0. The Bertz CT molecular complexity index is 756. The van der Waals surface area contributed by atoms with Gasteiger partial charge in [0.1, 0.15) is 0 Å². The predicted molar refractivity (Wildman–Crippen MR) is 90.2 cm³/mol. The first-order valence-corrected chi connectivity index (χ1v) is 8.70. The summed E-state index contributed by atoms with van der Waals surface area (Å²) in [5.74, 6) is 0. The highest BCUT2D eigenvalue weighted by molar-refractivity contribution is 5.37. The number of halogens is 6. The molecule has 1 aliphatic heterocycles. The number of likely N-dealkylation sites (tertiary alicyclic amines) is 1. The summed E-state index contributed by atoms with van der Waals surface area (Å²) in [5, 5.41) is 0. The van der Waals surface area contributed by atoms with Crippen molar-refractivity contribution in [3.05, 3.63) is 70.3 Å². The van der Waals surface area contributed by atoms with Crippen molar-refractivity contribution in [3.8, 4) is 0 Å². The third kappa shape index (κ3) is 5.25. The van der Waals surface area contributed by atoms with Crippen molar-refractivity contribution in [1.82, 2.24) is 4.90 Å². The number of alkyl halides is 6. The summed E-state index contributed by atoms with van der Waals surface area (Å²) in [6, 6.07) is 9.04. The Labute approximate surface area is 153 Å². The molecule has 2 aromatic rings. The molecular formula is C20H19F6N. The zero-order valence-electron chi connectivity index (χ0n) is 14.5. The normalized spacial score (nSPS) is 16.1. The molecule has 0 aromatic heterocycles. The molecule has 1 saturated heterocycles. The van der Waals surface area contributed by atoms with Gasteiger partial charge in [0.25, 0.3) is 0 Å². The van der Waals surface area contributed by atoms with E-state index in [1.54, 1.807) is 12.1 Å². The van der Waals surface area contributed by atoms with Crippen molar-refractivity contribution >= 4 is 0 Å². The highest BCUT2D eigenvalue weighted by Gasteiger charge is 2.36. The lowest BCUT2D eigenvalue weighted by Gasteiger charge is -2.16. The molecule has 3 rings (SSSR count). The van der Waals surface area contributed by atoms with E-state index >= 15 is 0 Å². The molecule has 1 fully saturated rings. The molecule has 7 heteroatoms. The van der Waals surface area contributed by atoms with Crippen LogP contribution >= 0.6 is 0 Å². The largest absolute Gasteiger partial charge is 0.416 e. The molecule has 0 radical (unpaired) electrons. The number of hydrogen-bond acceptors (Lipinski definition) is 1. The Morgan fingerprint density at radius 1 is 0.704 bits per heavy atom. The number of hydrogen-bond donors (Lipinski definition) is 0. The number of benzene rings is 2. The topological polar surface area (TPSA) is 3.24 Å². The van der Waals surface area contributed by atoms with E-state index in [1.807, 2.05) is 12.1 Å². The highest BCUT2D eigenvalue weighted by atomic mass is 19.4. The maximum atomic E-state index is 13.0. The molecule has 1 nitrogen and oxygen atoms in total. The number of nitrogens with zero attached hydrogens (tertiary/aromatic N) is 1. The Morgan fingerprint density at radius 2 is 1.26 bits per heavy atom. The first-order valence-electron chi connectivity index (χ1n) is 8.70. The molecule has 146 valence electrons. The van der Waals surface area contributed by atoms with Crippen LogP contribution in [-0.2, 0) is 25.3 Å². The van der Waals surface area contributed by atoms with Crippen LogP contribution < -0.4 is 0 Å². The second-order valence-corrected chi connectivity index (χ2v) is 6.89. The van der Waals surface area contributed by atoms with Crippen LogP contribution in [-0.4, -0.2) is 18.0 Å². The Kier molecular flexibility index (Phi) is 5.51. The summed E-state index contributed by atoms with van der Waals surface area (Å²) in [6.45, 7) is 2.75. The molecule has 0 bridgehead atoms. The van der Waals surface area contributed by atoms with Crippen molar-refractivity contribution in [1.29, 1.82) is 0 Å². The minimum absolute atomic E-state index is 0.00419. The fourth-order valence-corrected chi connectivity index (χ4v) is 3.39. The standard InChI is InChI=1S/C20H19F6N/c21-19(22,23)17-10-16(11-18(12-17)20(24,25)26)9-14-4-3-5-15(8-14)13-27-6-1-2-7-27/h3-5,8,10-12H,1-2,6-7,9,13H2. The van der Waals surface area contributed by atoms with Crippen molar-refractivity contribution in [3.63, 3.8) is 0 Å². The van der Waals surface area contributed by atoms with Gasteiger partial charge in [0.2, 0.25) is 0 Å². The van der Waals surface area contributed by atoms with Gasteiger partial charge in [-0.3, -0.25) is 4.90 Å². The van der Waals surface area contributed by atoms with Gasteiger partial charge in [0.15, 0.2) is 0 Å². The van der Waals surface area contributed by atoms with Crippen LogP contribution in [0.3, 0.4) is 0 Å². The first-order chi connectivity index (χ1) is 12.6. The lowest BCUT2D eigenvalue weighted by atomic mass is 9.98. The van der Waals surface area contributed by atoms with Gasteiger partial charge in [-0.05, 0) is 67.2 Å². The molecule has 27 heavy (non-hydrogen) atoms. The van der Waals surface area contributed by atoms with Crippen LogP contribution in [0.25, 0.3) is 0 Å². The van der Waals surface area contributed by atoms with E-state index in [2.05, 4.69) is 4.90 Å². The summed E-state index contributed by atoms with van der Waals surface area (Å²) in [4.78, 5) is 2.28. The van der Waals surface area contributed by atoms with Gasteiger partial charge in [-0.25, -0.2) is 0 Å². The minimum atomic E-state index is -4.83. The maximum Gasteiger partial charge on any atom is 0.416 e. The Morgan fingerprint density at radius 3 is 1.81 bits per heavy atom. The Hall–Kier alpha value is -2.02. The average Bonchev–Trinajstić information content (AvgIpc) is 3.06. The van der Waals surface area contributed by atoms with Crippen molar-refractivity contribution in [2.45, 2.75) is 38.2 Å². The first kappa shape index (κ1) is 19.7. The molecule has 0 aliphatic carbocycles. The monoisotopic (exact) mass is 387 g/mol. The molecule has 1 aliphatic rings. The van der Waals surface area contributed by atoms with Crippen LogP contribution in [0.15, 0.2) is 42.5 Å². The lowest BCUT2D eigenvalue weighted by Crippen LogP contribution is -2.18. The molecule has 2 aromatic carbocycles. The molecule has 0 saturated carbocycles. The van der Waals surface area contributed by atoms with Crippen LogP contribution in [0.4, 0.5) is 26.3 Å². The van der Waals surface area contributed by atoms with Crippen LogP contribution in [0.5, 0.6) is 0 Å². The van der Waals surface area contributed by atoms with E-state index in [0.29, 0.717) is 5.56 Å². The van der Waals surface area contributed by atoms with E-state index in [4.69, 9.17) is 0 Å². The zero-order valence-corrected chi connectivity index (χ0v) is 14.5. The highest BCUT2D eigenvalue weighted by Crippen LogP contribution is 2.36. The van der Waals surface area contributed by atoms with Gasteiger partial charge < -0.3 is 0 Å². The van der Waals surface area contributed by atoms with E-state index in [0.717, 1.165) is 50.2 Å². The van der Waals surface area contributed by atoms with Gasteiger partial charge in [-0.2, -0.15) is 26.3 Å². The third-order valence-electron chi connectivity index (χ3n) is 4.65. The molecule has 0 spiro atoms. The quantitative estimate of drug-likeness (QED) is 0.590. The van der Waals surface area contributed by atoms with E-state index < -0.39 is 23.5 Å². The van der Waals surface area contributed by atoms with Gasteiger partial charge in [-0.1, -0.05) is 24.3 Å². The summed E-state index contributed by atoms with van der Waals surface area (Å²) in [6.07, 6.45) is -7.35. The van der Waals surface area contributed by atoms with Crippen LogP contribution in [0.2, 0.25) is 0 Å². The van der Waals surface area contributed by atoms with E-state index in [1.165, 1.54) is 0 Å². The second-order valence-electron chi connectivity index (χ2n) is 6.89. The second kappa shape index (κ2) is 7.54. The smallest absolute Gasteiger partial charge is 0.299 e. The molecule has 1 heterocycles. The molecule has 0 N–H and O–H groups in total. The minimum Gasteiger partial charge on any atom is -0.299 e. The van der Waals surface area contributed by atoms with Gasteiger partial charge in [0, 0.05) is 6.54 Å². The van der Waals surface area contributed by atoms with Crippen LogP contribution in [0.1, 0.15) is 40.7 Å². The van der Waals surface area contributed by atoms with Crippen molar-refractivity contribution in [2.75, 3.05) is 13.1 Å². The third-order valence-corrected chi connectivity index (χ3v) is 4.65. The molecule has 0 unspecified atom stereocenters. The van der Waals surface area contributed by atoms with Crippen molar-refractivity contribution in [2.24, 2.45) is 0 Å². The molecule has 0 amide bonds. The van der Waals surface area contributed by atoms with Crippen molar-refractivity contribution < 1.29 is 26.3 Å². The average molecular weight is 387 g/mol. The van der Waals surface area contributed by atoms with Crippen LogP contribution in [0, 0.1) is 0 Å². The fraction of sp³-hybridized carbons (Fsp3) is 0.400. The number of rotatable bonds is 4. The van der Waals surface area contributed by atoms with Gasteiger partial charge in [-0.15, -0.1) is 0 Å². The zero-order chi connectivity index (χ0) is 19.7. The SMILES string of the molecule is FC(F)(F)c1cc(Cc2cccc(CN3CCCC3)c2)cc(C(F)(F)F)c1. The molecular weight excluding hydrogens is 368 g/mol.